The second-order valence-corrected chi connectivity index (χ2v) is 14.3. The van der Waals surface area contributed by atoms with Crippen molar-refractivity contribution in [3.63, 3.8) is 0 Å². The Kier molecular flexibility index (Phi) is 8.05. The molecule has 242 valence electrons. The molecule has 0 radical (unpaired) electrons. The van der Waals surface area contributed by atoms with E-state index >= 15 is 0 Å². The Bertz CT molecular complexity index is 1640. The fourth-order valence-electron chi connectivity index (χ4n) is 9.54. The van der Waals surface area contributed by atoms with Gasteiger partial charge in [0.05, 0.1) is 30.2 Å². The third-order valence-electron chi connectivity index (χ3n) is 11.2. The normalized spacial score (nSPS) is 30.1. The van der Waals surface area contributed by atoms with Gasteiger partial charge in [0.25, 0.3) is 0 Å². The van der Waals surface area contributed by atoms with Crippen LogP contribution in [0.4, 0.5) is 0 Å². The Hall–Kier alpha value is -3.55. The number of carboxylic acids is 1. The Balaban J connectivity index is 1.16. The zero-order valence-electron chi connectivity index (χ0n) is 26.8. The van der Waals surface area contributed by atoms with Crippen LogP contribution in [0.1, 0.15) is 75.1 Å². The number of aliphatic hydroxyl groups is 1. The number of rotatable bonds is 9. The van der Waals surface area contributed by atoms with Crippen LogP contribution in [0.25, 0.3) is 17.4 Å². The molecule has 0 unspecified atom stereocenters. The standard InChI is InChI=1S/C38H42ClNO6/c1-5-6-25-11-12-28(36(45-4)31-26-14-22-13-23(16-26)17-27(31)15-22)32(39)35(25)46-18-21-7-9-24(10-8-21)29-19(2)33-30(20(3)41)37(42)40(33)34(29)38(43)44/h5-12,19-20,22-23,26-27,30,33,41H,13-18H2,1-4H3,(H,43,44)/b6-5+,36-31?/t19-,20+,22?,23?,26?,27?,30+,33+/m0/s1. The van der Waals surface area contributed by atoms with Crippen LogP contribution in [0.15, 0.2) is 53.7 Å². The number of ether oxygens (including phenoxy) is 2. The molecule has 0 aromatic heterocycles. The van der Waals surface area contributed by atoms with Crippen LogP contribution in [-0.2, 0) is 20.9 Å². The van der Waals surface area contributed by atoms with E-state index in [4.69, 9.17) is 21.1 Å². The van der Waals surface area contributed by atoms with Gasteiger partial charge in [0.15, 0.2) is 0 Å². The number of hydrogen-bond acceptors (Lipinski definition) is 5. The van der Waals surface area contributed by atoms with Gasteiger partial charge in [-0.05, 0) is 98.0 Å². The summed E-state index contributed by atoms with van der Waals surface area (Å²) < 4.78 is 12.6. The monoisotopic (exact) mass is 643 g/mol. The molecule has 4 aliphatic carbocycles. The van der Waals surface area contributed by atoms with Crippen LogP contribution in [0, 0.1) is 35.5 Å². The van der Waals surface area contributed by atoms with Crippen LogP contribution in [0.2, 0.25) is 5.02 Å². The maximum atomic E-state index is 12.8. The van der Waals surface area contributed by atoms with E-state index < -0.39 is 18.0 Å². The van der Waals surface area contributed by atoms with Crippen molar-refractivity contribution >= 4 is 40.9 Å². The van der Waals surface area contributed by atoms with Gasteiger partial charge >= 0.3 is 5.97 Å². The molecule has 2 aromatic rings. The van der Waals surface area contributed by atoms with E-state index in [9.17, 15) is 19.8 Å². The number of halogens is 1. The van der Waals surface area contributed by atoms with Gasteiger partial charge in [0.1, 0.15) is 23.8 Å². The fourth-order valence-corrected chi connectivity index (χ4v) is 9.85. The summed E-state index contributed by atoms with van der Waals surface area (Å²) in [6.07, 6.45) is 9.51. The minimum absolute atomic E-state index is 0.00481. The smallest absolute Gasteiger partial charge is 0.352 e. The van der Waals surface area contributed by atoms with Crippen molar-refractivity contribution in [3.05, 3.63) is 81.0 Å². The number of methoxy groups -OCH3 is 1. The Labute approximate surface area is 275 Å². The number of carbonyl (C=O) groups excluding carboxylic acids is 1. The molecule has 46 heavy (non-hydrogen) atoms. The van der Waals surface area contributed by atoms with E-state index in [0.717, 1.165) is 39.8 Å². The number of nitrogens with zero attached hydrogens (tertiary/aromatic N) is 1. The van der Waals surface area contributed by atoms with E-state index in [1.54, 1.807) is 14.0 Å². The van der Waals surface area contributed by atoms with Crippen molar-refractivity contribution in [3.8, 4) is 5.75 Å². The molecule has 2 aliphatic heterocycles. The lowest BCUT2D eigenvalue weighted by molar-refractivity contribution is -0.163. The number of hydrogen-bond donors (Lipinski definition) is 2. The summed E-state index contributed by atoms with van der Waals surface area (Å²) in [5, 5.41) is 20.8. The van der Waals surface area contributed by atoms with Crippen LogP contribution < -0.4 is 4.74 Å². The summed E-state index contributed by atoms with van der Waals surface area (Å²) in [7, 11) is 1.75. The number of allylic oxidation sites excluding steroid dienone is 2. The summed E-state index contributed by atoms with van der Waals surface area (Å²) in [6, 6.07) is 11.3. The Morgan fingerprint density at radius 1 is 1.07 bits per heavy atom. The summed E-state index contributed by atoms with van der Waals surface area (Å²) in [5.74, 6) is 2.06. The summed E-state index contributed by atoms with van der Waals surface area (Å²) >= 11 is 7.17. The predicted octanol–water partition coefficient (Wildman–Crippen LogP) is 7.42. The topological polar surface area (TPSA) is 96.3 Å². The lowest BCUT2D eigenvalue weighted by atomic mass is 9.54. The predicted molar refractivity (Wildman–Crippen MR) is 177 cm³/mol. The van der Waals surface area contributed by atoms with Crippen molar-refractivity contribution in [2.75, 3.05) is 7.11 Å². The number of β-lactam (4-membered cyclic amide) rings is 1. The highest BCUT2D eigenvalue weighted by molar-refractivity contribution is 6.34. The number of fused-ring (bicyclic) bond motifs is 1. The molecule has 2 aromatic carbocycles. The van der Waals surface area contributed by atoms with Gasteiger partial charge in [-0.15, -0.1) is 0 Å². The van der Waals surface area contributed by atoms with E-state index in [-0.39, 0.29) is 30.2 Å². The molecule has 4 atom stereocenters. The number of aliphatic carboxylic acids is 1. The van der Waals surface area contributed by atoms with Crippen molar-refractivity contribution in [1.29, 1.82) is 0 Å². The SMILES string of the molecule is C/C=C/c1ccc(C(OC)=C2C3CC4CC(C3)CC2C4)c(Cl)c1OCc1ccc(C2=C(C(=O)O)N3C(=O)[C@H]([C@@H](C)O)[C@H]3[C@H]2C)cc1. The van der Waals surface area contributed by atoms with E-state index in [1.807, 2.05) is 56.3 Å². The Morgan fingerprint density at radius 2 is 1.72 bits per heavy atom. The molecular formula is C38H42ClNO6. The quantitative estimate of drug-likeness (QED) is 0.218. The minimum atomic E-state index is -1.14. The number of aliphatic hydroxyl groups excluding tert-OH is 1. The van der Waals surface area contributed by atoms with Crippen molar-refractivity contribution in [2.45, 2.75) is 71.6 Å². The van der Waals surface area contributed by atoms with Crippen molar-refractivity contribution in [1.82, 2.24) is 4.90 Å². The minimum Gasteiger partial charge on any atom is -0.496 e. The molecule has 4 saturated carbocycles. The fraction of sp³-hybridized carbons (Fsp3) is 0.474. The molecular weight excluding hydrogens is 602 g/mol. The molecule has 7 nitrogen and oxygen atoms in total. The van der Waals surface area contributed by atoms with E-state index in [0.29, 0.717) is 28.2 Å². The molecule has 5 fully saturated rings. The third-order valence-corrected chi connectivity index (χ3v) is 11.6. The number of amides is 1. The van der Waals surface area contributed by atoms with Crippen molar-refractivity contribution in [2.24, 2.45) is 35.5 Å². The lowest BCUT2D eigenvalue weighted by Gasteiger charge is -2.51. The van der Waals surface area contributed by atoms with Crippen LogP contribution in [0.5, 0.6) is 5.75 Å². The molecule has 8 rings (SSSR count). The molecule has 2 N–H and O–H groups in total. The van der Waals surface area contributed by atoms with Gasteiger partial charge in [0, 0.05) is 17.0 Å². The van der Waals surface area contributed by atoms with Gasteiger partial charge in [-0.25, -0.2) is 4.79 Å². The van der Waals surface area contributed by atoms with Gasteiger partial charge in [-0.3, -0.25) is 4.79 Å². The first-order valence-corrected chi connectivity index (χ1v) is 16.9. The first-order chi connectivity index (χ1) is 22.1. The van der Waals surface area contributed by atoms with Crippen LogP contribution >= 0.6 is 11.6 Å². The number of benzene rings is 2. The van der Waals surface area contributed by atoms with Crippen molar-refractivity contribution < 1.29 is 29.3 Å². The van der Waals surface area contributed by atoms with Crippen LogP contribution in [-0.4, -0.2) is 46.2 Å². The maximum absolute atomic E-state index is 12.8. The molecule has 1 saturated heterocycles. The first kappa shape index (κ1) is 31.1. The highest BCUT2D eigenvalue weighted by Gasteiger charge is 2.60. The van der Waals surface area contributed by atoms with Gasteiger partial charge in [-0.2, -0.15) is 0 Å². The molecule has 0 spiro atoms. The average molecular weight is 644 g/mol. The second kappa shape index (κ2) is 11.9. The first-order valence-electron chi connectivity index (χ1n) is 16.6. The van der Waals surface area contributed by atoms with Crippen LogP contribution in [0.3, 0.4) is 0 Å². The highest BCUT2D eigenvalue weighted by Crippen LogP contribution is 2.58. The molecule has 6 aliphatic rings. The number of carbonyl (C=O) groups is 2. The third kappa shape index (κ3) is 4.89. The van der Waals surface area contributed by atoms with E-state index in [2.05, 4.69) is 6.07 Å². The Morgan fingerprint density at radius 3 is 2.28 bits per heavy atom. The zero-order valence-corrected chi connectivity index (χ0v) is 27.6. The second-order valence-electron chi connectivity index (χ2n) is 13.9. The average Bonchev–Trinajstić information content (AvgIpc) is 3.27. The molecule has 2 heterocycles. The molecule has 1 amide bonds. The molecule has 4 bridgehead atoms. The lowest BCUT2D eigenvalue weighted by Crippen LogP contribution is -2.63. The highest BCUT2D eigenvalue weighted by atomic mass is 35.5. The van der Waals surface area contributed by atoms with Gasteiger partial charge in [-0.1, -0.05) is 61.0 Å². The largest absolute Gasteiger partial charge is 0.496 e. The van der Waals surface area contributed by atoms with Gasteiger partial charge < -0.3 is 24.6 Å². The van der Waals surface area contributed by atoms with Gasteiger partial charge in [0.2, 0.25) is 5.91 Å². The molecule has 8 heteroatoms. The zero-order chi connectivity index (χ0) is 32.4. The summed E-state index contributed by atoms with van der Waals surface area (Å²) in [6.45, 7) is 5.73. The maximum Gasteiger partial charge on any atom is 0.352 e. The van der Waals surface area contributed by atoms with E-state index in [1.165, 1.54) is 42.6 Å². The summed E-state index contributed by atoms with van der Waals surface area (Å²) in [4.78, 5) is 26.4. The number of carboxylic acid groups (broad SMARTS) is 1. The summed E-state index contributed by atoms with van der Waals surface area (Å²) in [5.41, 5.74) is 5.45.